The molecule has 5 aliphatic rings. The highest BCUT2D eigenvalue weighted by Gasteiger charge is 2.31. The first-order valence-corrected chi connectivity index (χ1v) is 34.9. The molecule has 0 unspecified atom stereocenters. The fraction of sp³-hybridized carbons (Fsp3) is 0.727. The molecule has 0 fully saturated rings. The van der Waals surface area contributed by atoms with Crippen molar-refractivity contribution in [2.45, 2.75) is 118 Å². The van der Waals surface area contributed by atoms with Crippen molar-refractivity contribution in [1.82, 2.24) is 0 Å². The van der Waals surface area contributed by atoms with Gasteiger partial charge in [0.15, 0.2) is 0 Å². The highest BCUT2D eigenvalue weighted by Crippen LogP contribution is 2.66. The second-order valence-electron chi connectivity index (χ2n) is 14.6. The zero-order chi connectivity index (χ0) is 43.5. The molecule has 0 aliphatic carbocycles. The molecule has 18 heteroatoms. The number of unbranched alkanes of at least 4 members (excludes halogenated alkanes) is 12. The second-order valence-corrected chi connectivity index (χ2v) is 32.4. The van der Waals surface area contributed by atoms with Gasteiger partial charge in [-0.15, -0.1) is 70.6 Å². The van der Waals surface area contributed by atoms with E-state index in [1.54, 1.807) is 8.47 Å². The summed E-state index contributed by atoms with van der Waals surface area (Å²) in [7, 11) is 0. The van der Waals surface area contributed by atoms with Crippen molar-refractivity contribution in [1.29, 1.82) is 0 Å². The van der Waals surface area contributed by atoms with Crippen molar-refractivity contribution < 1.29 is 18.9 Å². The first kappa shape index (κ1) is 56.1. The molecule has 0 aromatic carbocycles. The van der Waals surface area contributed by atoms with Gasteiger partial charge in [-0.3, -0.25) is 0 Å². The van der Waals surface area contributed by atoms with Crippen LogP contribution in [-0.4, -0.2) is 87.4 Å². The normalized spacial score (nSPS) is 21.5. The average molecular weight is 1110 g/mol. The topological polar surface area (TPSA) is 36.9 Å². The van der Waals surface area contributed by atoms with E-state index in [0.717, 1.165) is 49.4 Å². The third kappa shape index (κ3) is 22.1. The van der Waals surface area contributed by atoms with Crippen molar-refractivity contribution in [2.75, 3.05) is 87.4 Å². The number of ether oxygens (including phenoxy) is 4. The first-order chi connectivity index (χ1) is 30.6. The first-order valence-electron chi connectivity index (χ1n) is 22.4. The Morgan fingerprint density at radius 2 is 0.629 bits per heavy atom. The van der Waals surface area contributed by atoms with Crippen LogP contribution in [0, 0.1) is 0 Å². The molecule has 0 N–H and O–H groups in total. The van der Waals surface area contributed by atoms with Crippen LogP contribution in [0.25, 0.3) is 0 Å². The Morgan fingerprint density at radius 1 is 0.339 bits per heavy atom. The summed E-state index contributed by atoms with van der Waals surface area (Å²) < 4.78 is 38.9. The Labute approximate surface area is 435 Å². The van der Waals surface area contributed by atoms with Crippen LogP contribution >= 0.6 is 165 Å². The molecule has 0 radical (unpaired) electrons. The Hall–Kier alpha value is 3.18. The summed E-state index contributed by atoms with van der Waals surface area (Å²) in [5.41, 5.74) is 0. The minimum Gasteiger partial charge on any atom is -0.378 e. The fourth-order valence-electron chi connectivity index (χ4n) is 5.99. The molecule has 0 bridgehead atoms. The van der Waals surface area contributed by atoms with Gasteiger partial charge in [-0.05, 0) is 48.0 Å². The molecule has 0 aromatic heterocycles. The van der Waals surface area contributed by atoms with Gasteiger partial charge in [0.1, 0.15) is 0 Å². The van der Waals surface area contributed by atoms with E-state index in [2.05, 4.69) is 74.7 Å². The lowest BCUT2D eigenvalue weighted by molar-refractivity contribution is 0.0605. The van der Waals surface area contributed by atoms with E-state index in [0.29, 0.717) is 26.4 Å². The highest BCUT2D eigenvalue weighted by atomic mass is 32.3. The summed E-state index contributed by atoms with van der Waals surface area (Å²) in [5.74, 6) is 6.27. The molecule has 0 amide bonds. The Balaban J connectivity index is 1.10. The molecule has 0 aromatic rings. The molecule has 0 spiro atoms. The largest absolute Gasteiger partial charge is 0.378 e. The average Bonchev–Trinajstić information content (AvgIpc) is 4.06. The third-order valence-electron chi connectivity index (χ3n) is 9.48. The van der Waals surface area contributed by atoms with E-state index in [1.165, 1.54) is 145 Å². The zero-order valence-electron chi connectivity index (χ0n) is 37.1. The van der Waals surface area contributed by atoms with E-state index in [9.17, 15) is 0 Å². The van der Waals surface area contributed by atoms with Crippen molar-refractivity contribution in [2.24, 2.45) is 0 Å². The van der Waals surface area contributed by atoms with Crippen LogP contribution in [0.5, 0.6) is 0 Å². The second kappa shape index (κ2) is 35.3. The van der Waals surface area contributed by atoms with Crippen molar-refractivity contribution in [3.8, 4) is 0 Å². The lowest BCUT2D eigenvalue weighted by Gasteiger charge is -2.09. The lowest BCUT2D eigenvalue weighted by Crippen LogP contribution is -2.08. The third-order valence-corrected chi connectivity index (χ3v) is 29.8. The van der Waals surface area contributed by atoms with Crippen LogP contribution in [0.15, 0.2) is 52.2 Å². The minimum atomic E-state index is 0.641. The maximum Gasteiger partial charge on any atom is 0.0717 e. The molecule has 5 heterocycles. The van der Waals surface area contributed by atoms with Crippen LogP contribution in [0.2, 0.25) is 0 Å². The predicted octanol–water partition coefficient (Wildman–Crippen LogP) is 18.8. The molecular weight excluding hydrogens is 1040 g/mol. The van der Waals surface area contributed by atoms with Crippen molar-refractivity contribution in [3.05, 3.63) is 52.2 Å². The number of hydrogen-bond acceptors (Lipinski definition) is 18. The zero-order valence-corrected chi connectivity index (χ0v) is 48.6. The number of allylic oxidation sites excluding steroid dienone is 2. The van der Waals surface area contributed by atoms with Crippen LogP contribution in [0.1, 0.15) is 118 Å². The summed E-state index contributed by atoms with van der Waals surface area (Å²) >= 11 is 27.9. The van der Waals surface area contributed by atoms with Crippen LogP contribution in [-0.2, 0) is 18.9 Å². The van der Waals surface area contributed by atoms with Gasteiger partial charge >= 0.3 is 0 Å². The lowest BCUT2D eigenvalue weighted by atomic mass is 10.1. The standard InChI is InChI=1S/C44H68O4S14/c1-5-7-9-11-13-15-17-27-49-35-36(50-28-18-16-14-12-10-8-6-2)58-43(57-35)44-61-39-40(62-44)54-32-26-48-22-20-46-24-30-52-38-37(51-29-23-45-19-21-47-25-31-53-39)59-42(60-38)41-55-33(3)34(4)56-41/h5-32H2,1-4H3. The minimum absolute atomic E-state index is 0.641. The van der Waals surface area contributed by atoms with E-state index in [1.807, 2.05) is 118 Å². The van der Waals surface area contributed by atoms with Gasteiger partial charge in [-0.2, -0.15) is 0 Å². The van der Waals surface area contributed by atoms with E-state index < -0.39 is 0 Å². The van der Waals surface area contributed by atoms with Crippen LogP contribution in [0.3, 0.4) is 0 Å². The summed E-state index contributed by atoms with van der Waals surface area (Å²) in [6.45, 7) is 14.6. The SMILES string of the molecule is CCCCCCCCCSC1=C(SCCCCCCCCC)SC(=C2SC3=C(SCCOCCOCCSC4=C(SCCOCCOCCS3)SC(=C3SC(C)=C(C)S3)S4)S2)S1. The van der Waals surface area contributed by atoms with Gasteiger partial charge in [0.25, 0.3) is 0 Å². The maximum absolute atomic E-state index is 6.09. The Morgan fingerprint density at radius 3 is 0.968 bits per heavy atom. The number of rotatable bonds is 18. The summed E-state index contributed by atoms with van der Waals surface area (Å²) in [5, 5.41) is 0. The highest BCUT2D eigenvalue weighted by molar-refractivity contribution is 8.45. The van der Waals surface area contributed by atoms with E-state index in [4.69, 9.17) is 18.9 Å². The maximum atomic E-state index is 6.09. The number of hydrogen-bond donors (Lipinski definition) is 0. The summed E-state index contributed by atoms with van der Waals surface area (Å²) in [4.78, 5) is 2.85. The molecule has 0 saturated carbocycles. The smallest absolute Gasteiger partial charge is 0.0717 e. The summed E-state index contributed by atoms with van der Waals surface area (Å²) in [6, 6.07) is 0. The summed E-state index contributed by atoms with van der Waals surface area (Å²) in [6.07, 6.45) is 19.2. The van der Waals surface area contributed by atoms with Gasteiger partial charge in [-0.25, -0.2) is 0 Å². The molecule has 4 nitrogen and oxygen atoms in total. The monoisotopic (exact) mass is 1110 g/mol. The van der Waals surface area contributed by atoms with Gasteiger partial charge in [0.2, 0.25) is 0 Å². The Bertz CT molecular complexity index is 1440. The predicted molar refractivity (Wildman–Crippen MR) is 308 cm³/mol. The van der Waals surface area contributed by atoms with Crippen LogP contribution in [0.4, 0.5) is 0 Å². The fourth-order valence-corrected chi connectivity index (χ4v) is 26.5. The molecular formula is C44H68O4S14. The van der Waals surface area contributed by atoms with E-state index in [-0.39, 0.29) is 0 Å². The molecule has 62 heavy (non-hydrogen) atoms. The van der Waals surface area contributed by atoms with Crippen molar-refractivity contribution >= 4 is 165 Å². The van der Waals surface area contributed by atoms with Crippen molar-refractivity contribution in [3.63, 3.8) is 0 Å². The van der Waals surface area contributed by atoms with E-state index >= 15 is 0 Å². The number of thioether (sulfide) groups is 14. The molecule has 352 valence electrons. The molecule has 0 atom stereocenters. The van der Waals surface area contributed by atoms with Crippen LogP contribution < -0.4 is 0 Å². The molecule has 5 rings (SSSR count). The quantitative estimate of drug-likeness (QED) is 0.122. The van der Waals surface area contributed by atoms with Gasteiger partial charge in [0.05, 0.1) is 95.2 Å². The van der Waals surface area contributed by atoms with Gasteiger partial charge in [0, 0.05) is 23.0 Å². The molecule has 0 saturated heterocycles. The van der Waals surface area contributed by atoms with Gasteiger partial charge in [-0.1, -0.05) is 185 Å². The Kier molecular flexibility index (Phi) is 31.9. The van der Waals surface area contributed by atoms with Gasteiger partial charge < -0.3 is 18.9 Å². The molecule has 5 aliphatic heterocycles.